The summed E-state index contributed by atoms with van der Waals surface area (Å²) in [5.41, 5.74) is 1.21. The molecule has 3 radical (unpaired) electrons. The van der Waals surface area contributed by atoms with E-state index in [-0.39, 0.29) is 25.8 Å². The molecule has 0 bridgehead atoms. The Morgan fingerprint density at radius 1 is 1.00 bits per heavy atom. The van der Waals surface area contributed by atoms with Crippen molar-refractivity contribution in [1.82, 2.24) is 4.98 Å². The first-order valence-corrected chi connectivity index (χ1v) is 2.99. The van der Waals surface area contributed by atoms with E-state index in [1.807, 2.05) is 18.3 Å². The van der Waals surface area contributed by atoms with Crippen molar-refractivity contribution in [2.24, 2.45) is 0 Å². The molecule has 0 saturated heterocycles. The second-order valence-corrected chi connectivity index (χ2v) is 2.06. The largest absolute Gasteiger partial charge is 0.361 e. The maximum Gasteiger partial charge on any atom is 0.0453 e. The van der Waals surface area contributed by atoms with Gasteiger partial charge in [0.2, 0.25) is 0 Å². The zero-order valence-corrected chi connectivity index (χ0v) is 8.84. The summed E-state index contributed by atoms with van der Waals surface area (Å²) in [7, 11) is 0. The molecular weight excluding hydrogens is 225 g/mol. The van der Waals surface area contributed by atoms with Crippen LogP contribution in [0.4, 0.5) is 0 Å². The minimum absolute atomic E-state index is 0. The molecule has 1 nitrogen and oxygen atoms in total. The molecule has 0 spiro atoms. The Labute approximate surface area is 78.2 Å². The number of nitrogens with one attached hydrogen (secondary N) is 1. The summed E-state index contributed by atoms with van der Waals surface area (Å²) in [6.07, 6.45) is 1.95. The van der Waals surface area contributed by atoms with Gasteiger partial charge in [0.05, 0.1) is 0 Å². The van der Waals surface area contributed by atoms with Crippen LogP contribution in [0.3, 0.4) is 0 Å². The Balaban J connectivity index is 0.000000500. The SMILES string of the molecule is [In].c1ccc2[nH]ccc2c1. The number of rotatable bonds is 0. The Morgan fingerprint density at radius 2 is 1.80 bits per heavy atom. The molecule has 0 unspecified atom stereocenters. The molecule has 1 aromatic carbocycles. The third kappa shape index (κ3) is 1.21. The maximum absolute atomic E-state index is 3.12. The van der Waals surface area contributed by atoms with Crippen LogP contribution in [0.15, 0.2) is 36.5 Å². The molecule has 2 aromatic rings. The minimum Gasteiger partial charge on any atom is -0.361 e. The predicted molar refractivity (Wildman–Crippen MR) is 44.1 cm³/mol. The summed E-state index contributed by atoms with van der Waals surface area (Å²) < 4.78 is 0. The van der Waals surface area contributed by atoms with Gasteiger partial charge in [-0.3, -0.25) is 0 Å². The second-order valence-electron chi connectivity index (χ2n) is 2.06. The maximum atomic E-state index is 3.12. The standard InChI is InChI=1S/C8H7N.In/c1-2-4-8-7(3-1)5-6-9-8;/h1-6,9H;. The van der Waals surface area contributed by atoms with Gasteiger partial charge in [-0.05, 0) is 17.5 Å². The number of H-pyrrole nitrogens is 1. The zero-order valence-electron chi connectivity index (χ0n) is 5.54. The van der Waals surface area contributed by atoms with Gasteiger partial charge in [-0.1, -0.05) is 18.2 Å². The van der Waals surface area contributed by atoms with E-state index >= 15 is 0 Å². The number of aromatic nitrogens is 1. The van der Waals surface area contributed by atoms with Crippen molar-refractivity contribution in [3.05, 3.63) is 36.5 Å². The predicted octanol–water partition coefficient (Wildman–Crippen LogP) is 1.79. The van der Waals surface area contributed by atoms with E-state index in [1.54, 1.807) is 0 Å². The molecule has 2 heteroatoms. The smallest absolute Gasteiger partial charge is 0.0453 e. The summed E-state index contributed by atoms with van der Waals surface area (Å²) in [6.45, 7) is 0. The van der Waals surface area contributed by atoms with E-state index in [0.29, 0.717) is 0 Å². The van der Waals surface area contributed by atoms with Crippen LogP contribution < -0.4 is 0 Å². The fraction of sp³-hybridized carbons (Fsp3) is 0. The van der Waals surface area contributed by atoms with Crippen molar-refractivity contribution >= 4 is 36.7 Å². The first-order chi connectivity index (χ1) is 4.47. The van der Waals surface area contributed by atoms with Crippen LogP contribution in [0.5, 0.6) is 0 Å². The first kappa shape index (κ1) is 7.73. The van der Waals surface area contributed by atoms with E-state index in [2.05, 4.69) is 23.2 Å². The van der Waals surface area contributed by atoms with Gasteiger partial charge >= 0.3 is 0 Å². The van der Waals surface area contributed by atoms with Crippen LogP contribution in [-0.2, 0) is 0 Å². The van der Waals surface area contributed by atoms with E-state index in [4.69, 9.17) is 0 Å². The molecule has 0 saturated carbocycles. The fourth-order valence-corrected chi connectivity index (χ4v) is 0.995. The first-order valence-electron chi connectivity index (χ1n) is 2.99. The van der Waals surface area contributed by atoms with Gasteiger partial charge in [-0.15, -0.1) is 0 Å². The molecule has 1 N–H and O–H groups in total. The third-order valence-corrected chi connectivity index (χ3v) is 1.46. The number of aromatic amines is 1. The molecule has 0 atom stereocenters. The van der Waals surface area contributed by atoms with Gasteiger partial charge in [0.25, 0.3) is 0 Å². The molecular formula is C8H7InN. The molecule has 47 valence electrons. The van der Waals surface area contributed by atoms with Crippen molar-refractivity contribution in [1.29, 1.82) is 0 Å². The van der Waals surface area contributed by atoms with Gasteiger partial charge < -0.3 is 4.98 Å². The summed E-state index contributed by atoms with van der Waals surface area (Å²) in [5.74, 6) is 0. The summed E-state index contributed by atoms with van der Waals surface area (Å²) in [5, 5.41) is 1.28. The Hall–Kier alpha value is -0.370. The molecule has 0 aliphatic heterocycles. The van der Waals surface area contributed by atoms with Gasteiger partial charge in [0, 0.05) is 37.6 Å². The number of benzene rings is 1. The van der Waals surface area contributed by atoms with Crippen LogP contribution in [0.1, 0.15) is 0 Å². The number of hydrogen-bond acceptors (Lipinski definition) is 0. The van der Waals surface area contributed by atoms with Crippen LogP contribution in [0.25, 0.3) is 10.9 Å². The topological polar surface area (TPSA) is 15.8 Å². The van der Waals surface area contributed by atoms with E-state index in [1.165, 1.54) is 10.9 Å². The van der Waals surface area contributed by atoms with E-state index in [0.717, 1.165) is 0 Å². The van der Waals surface area contributed by atoms with Crippen molar-refractivity contribution in [2.75, 3.05) is 0 Å². The Bertz CT molecular complexity index is 283. The normalized spacial score (nSPS) is 9.20. The van der Waals surface area contributed by atoms with E-state index in [9.17, 15) is 0 Å². The summed E-state index contributed by atoms with van der Waals surface area (Å²) in [6, 6.07) is 10.3. The minimum atomic E-state index is 0. The molecule has 0 fully saturated rings. The van der Waals surface area contributed by atoms with Gasteiger partial charge in [-0.2, -0.15) is 0 Å². The van der Waals surface area contributed by atoms with Crippen LogP contribution in [0.2, 0.25) is 0 Å². The Kier molecular flexibility index (Phi) is 2.44. The quantitative estimate of drug-likeness (QED) is 0.712. The van der Waals surface area contributed by atoms with Crippen LogP contribution in [0, 0.1) is 0 Å². The van der Waals surface area contributed by atoms with Crippen LogP contribution in [-0.4, -0.2) is 30.8 Å². The average Bonchev–Trinajstić information content (AvgIpc) is 2.33. The second kappa shape index (κ2) is 3.15. The molecule has 10 heavy (non-hydrogen) atoms. The van der Waals surface area contributed by atoms with Gasteiger partial charge in [-0.25, -0.2) is 0 Å². The molecule has 2 rings (SSSR count). The van der Waals surface area contributed by atoms with Crippen molar-refractivity contribution in [2.45, 2.75) is 0 Å². The number of hydrogen-bond donors (Lipinski definition) is 1. The number of para-hydroxylation sites is 1. The third-order valence-electron chi connectivity index (χ3n) is 1.46. The zero-order chi connectivity index (χ0) is 6.10. The summed E-state index contributed by atoms with van der Waals surface area (Å²) >= 11 is 0. The molecule has 1 aromatic heterocycles. The van der Waals surface area contributed by atoms with Gasteiger partial charge in [0.15, 0.2) is 0 Å². The Morgan fingerprint density at radius 3 is 2.60 bits per heavy atom. The van der Waals surface area contributed by atoms with Gasteiger partial charge in [0.1, 0.15) is 0 Å². The van der Waals surface area contributed by atoms with Crippen LogP contribution >= 0.6 is 0 Å². The van der Waals surface area contributed by atoms with Crippen molar-refractivity contribution in [3.8, 4) is 0 Å². The molecule has 0 amide bonds. The summed E-state index contributed by atoms with van der Waals surface area (Å²) in [4.78, 5) is 3.12. The molecule has 0 aliphatic carbocycles. The molecule has 1 heterocycles. The molecule has 0 aliphatic rings. The fourth-order valence-electron chi connectivity index (χ4n) is 0.995. The monoisotopic (exact) mass is 232 g/mol. The van der Waals surface area contributed by atoms with Crippen molar-refractivity contribution < 1.29 is 0 Å². The average molecular weight is 232 g/mol. The van der Waals surface area contributed by atoms with Crippen molar-refractivity contribution in [3.63, 3.8) is 0 Å². The van der Waals surface area contributed by atoms with E-state index < -0.39 is 0 Å². The number of fused-ring (bicyclic) bond motifs is 1.